The van der Waals surface area contributed by atoms with Gasteiger partial charge in [-0.15, -0.1) is 24.0 Å². The molecule has 3 rings (SSSR count). The summed E-state index contributed by atoms with van der Waals surface area (Å²) in [6.07, 6.45) is 8.64. The van der Waals surface area contributed by atoms with Crippen molar-refractivity contribution in [3.8, 4) is 0 Å². The van der Waals surface area contributed by atoms with Crippen molar-refractivity contribution in [2.24, 2.45) is 16.8 Å². The average molecular weight is 543 g/mol. The largest absolute Gasteiger partial charge is 0.393 e. The second-order valence-corrected chi connectivity index (χ2v) is 9.44. The van der Waals surface area contributed by atoms with Crippen molar-refractivity contribution in [2.45, 2.75) is 84.0 Å². The molecule has 0 amide bonds. The molecule has 2 unspecified atom stereocenters. The molecule has 6 heteroatoms. The van der Waals surface area contributed by atoms with Crippen molar-refractivity contribution in [1.82, 2.24) is 15.5 Å². The van der Waals surface area contributed by atoms with E-state index < -0.39 is 0 Å². The van der Waals surface area contributed by atoms with Crippen LogP contribution >= 0.6 is 24.0 Å². The van der Waals surface area contributed by atoms with Gasteiger partial charge in [-0.2, -0.15) is 0 Å². The Balaban J connectivity index is 0.00000341. The predicted molar refractivity (Wildman–Crippen MR) is 141 cm³/mol. The van der Waals surface area contributed by atoms with Crippen molar-refractivity contribution < 1.29 is 5.11 Å². The van der Waals surface area contributed by atoms with E-state index in [9.17, 15) is 5.11 Å². The third-order valence-electron chi connectivity index (χ3n) is 7.22. The van der Waals surface area contributed by atoms with E-state index in [0.717, 1.165) is 50.9 Å². The molecule has 5 nitrogen and oxygen atoms in total. The van der Waals surface area contributed by atoms with Gasteiger partial charge in [-0.05, 0) is 42.7 Å². The lowest BCUT2D eigenvalue weighted by Gasteiger charge is -2.33. The third-order valence-corrected chi connectivity index (χ3v) is 7.22. The van der Waals surface area contributed by atoms with Crippen LogP contribution in [0.15, 0.2) is 29.3 Å². The lowest BCUT2D eigenvalue weighted by molar-refractivity contribution is 0.0792. The van der Waals surface area contributed by atoms with E-state index >= 15 is 0 Å². The molecule has 2 fully saturated rings. The molecule has 1 aliphatic carbocycles. The van der Waals surface area contributed by atoms with Crippen LogP contribution in [-0.2, 0) is 13.1 Å². The Hall–Kier alpha value is -0.860. The Morgan fingerprint density at radius 2 is 1.65 bits per heavy atom. The fraction of sp³-hybridized carbons (Fsp3) is 0.720. The van der Waals surface area contributed by atoms with Gasteiger partial charge < -0.3 is 15.7 Å². The highest BCUT2D eigenvalue weighted by Crippen LogP contribution is 2.31. The number of nitrogens with one attached hydrogen (secondary N) is 2. The highest BCUT2D eigenvalue weighted by Gasteiger charge is 2.25. The minimum Gasteiger partial charge on any atom is -0.393 e. The summed E-state index contributed by atoms with van der Waals surface area (Å²) < 4.78 is 0. The SMILES string of the molecule is CN=C(NCc1ccc(CN2CCC(O)CC2)cc1)NC(C)C(C)C1CCCCC1.I. The third kappa shape index (κ3) is 8.54. The van der Waals surface area contributed by atoms with Crippen molar-refractivity contribution in [1.29, 1.82) is 0 Å². The summed E-state index contributed by atoms with van der Waals surface area (Å²) in [5.74, 6) is 2.40. The Morgan fingerprint density at radius 3 is 2.26 bits per heavy atom. The van der Waals surface area contributed by atoms with Crippen LogP contribution in [0.3, 0.4) is 0 Å². The molecule has 0 spiro atoms. The molecular formula is C25H43IN4O. The molecule has 0 radical (unpaired) electrons. The topological polar surface area (TPSA) is 59.9 Å². The van der Waals surface area contributed by atoms with E-state index in [4.69, 9.17) is 0 Å². The molecular weight excluding hydrogens is 499 g/mol. The summed E-state index contributed by atoms with van der Waals surface area (Å²) in [5.41, 5.74) is 2.61. The summed E-state index contributed by atoms with van der Waals surface area (Å²) in [7, 11) is 1.85. The summed E-state index contributed by atoms with van der Waals surface area (Å²) in [6.45, 7) is 8.41. The van der Waals surface area contributed by atoms with Crippen LogP contribution in [0.2, 0.25) is 0 Å². The second kappa shape index (κ2) is 13.6. The quantitative estimate of drug-likeness (QED) is 0.269. The zero-order valence-electron chi connectivity index (χ0n) is 19.6. The number of piperidine rings is 1. The van der Waals surface area contributed by atoms with Gasteiger partial charge >= 0.3 is 0 Å². The smallest absolute Gasteiger partial charge is 0.191 e. The molecule has 0 aromatic heterocycles. The fourth-order valence-corrected chi connectivity index (χ4v) is 4.89. The predicted octanol–water partition coefficient (Wildman–Crippen LogP) is 4.53. The lowest BCUT2D eigenvalue weighted by Crippen LogP contribution is -2.46. The van der Waals surface area contributed by atoms with Gasteiger partial charge in [0.25, 0.3) is 0 Å². The van der Waals surface area contributed by atoms with Gasteiger partial charge in [0.1, 0.15) is 0 Å². The van der Waals surface area contributed by atoms with Crippen LogP contribution in [0.25, 0.3) is 0 Å². The van der Waals surface area contributed by atoms with Crippen LogP contribution in [0.5, 0.6) is 0 Å². The second-order valence-electron chi connectivity index (χ2n) is 9.44. The maximum atomic E-state index is 9.66. The van der Waals surface area contributed by atoms with Gasteiger partial charge in [0.2, 0.25) is 0 Å². The lowest BCUT2D eigenvalue weighted by atomic mass is 9.78. The van der Waals surface area contributed by atoms with Gasteiger partial charge in [0, 0.05) is 39.3 Å². The molecule has 0 bridgehead atoms. The number of aliphatic imine (C=N–C) groups is 1. The number of hydrogen-bond donors (Lipinski definition) is 3. The zero-order valence-corrected chi connectivity index (χ0v) is 22.0. The zero-order chi connectivity index (χ0) is 21.3. The number of hydrogen-bond acceptors (Lipinski definition) is 3. The van der Waals surface area contributed by atoms with Crippen LogP contribution in [0.4, 0.5) is 0 Å². The average Bonchev–Trinajstić information content (AvgIpc) is 2.79. The molecule has 31 heavy (non-hydrogen) atoms. The van der Waals surface area contributed by atoms with E-state index in [1.807, 2.05) is 7.05 Å². The molecule has 1 saturated heterocycles. The summed E-state index contributed by atoms with van der Waals surface area (Å²) in [5, 5.41) is 16.8. The molecule has 1 heterocycles. The number of guanidine groups is 1. The molecule has 1 saturated carbocycles. The Morgan fingerprint density at radius 1 is 1.03 bits per heavy atom. The van der Waals surface area contributed by atoms with Gasteiger partial charge in [-0.25, -0.2) is 0 Å². The van der Waals surface area contributed by atoms with E-state index in [1.54, 1.807) is 0 Å². The molecule has 3 N–H and O–H groups in total. The van der Waals surface area contributed by atoms with Crippen LogP contribution in [0, 0.1) is 11.8 Å². The number of rotatable bonds is 7. The number of aliphatic hydroxyl groups is 1. The Bertz CT molecular complexity index is 652. The fourth-order valence-electron chi connectivity index (χ4n) is 4.89. The minimum atomic E-state index is -0.105. The van der Waals surface area contributed by atoms with Crippen molar-refractivity contribution in [3.63, 3.8) is 0 Å². The highest BCUT2D eigenvalue weighted by atomic mass is 127. The van der Waals surface area contributed by atoms with Gasteiger partial charge in [-0.1, -0.05) is 63.3 Å². The summed E-state index contributed by atoms with van der Waals surface area (Å²) in [6, 6.07) is 9.30. The first-order valence-electron chi connectivity index (χ1n) is 12.0. The maximum absolute atomic E-state index is 9.66. The summed E-state index contributed by atoms with van der Waals surface area (Å²) in [4.78, 5) is 6.87. The molecule has 1 aliphatic heterocycles. The van der Waals surface area contributed by atoms with E-state index in [2.05, 4.69) is 58.6 Å². The standard InChI is InChI=1S/C25H42N4O.HI/c1-19(23-7-5-4-6-8-23)20(2)28-25(26-3)27-17-21-9-11-22(12-10-21)18-29-15-13-24(30)14-16-29;/h9-12,19-20,23-24,30H,4-8,13-18H2,1-3H3,(H2,26,27,28);1H. The number of nitrogens with zero attached hydrogens (tertiary/aromatic N) is 2. The van der Waals surface area contributed by atoms with Gasteiger partial charge in [0.05, 0.1) is 6.10 Å². The van der Waals surface area contributed by atoms with Crippen molar-refractivity contribution >= 4 is 29.9 Å². The van der Waals surface area contributed by atoms with Crippen molar-refractivity contribution in [2.75, 3.05) is 20.1 Å². The Labute approximate surface area is 206 Å². The number of halogens is 1. The van der Waals surface area contributed by atoms with Crippen LogP contribution < -0.4 is 10.6 Å². The van der Waals surface area contributed by atoms with E-state index in [1.165, 1.54) is 43.2 Å². The van der Waals surface area contributed by atoms with Crippen LogP contribution in [0.1, 0.15) is 69.9 Å². The van der Waals surface area contributed by atoms with Gasteiger partial charge in [-0.3, -0.25) is 9.89 Å². The Kier molecular flexibility index (Phi) is 11.6. The van der Waals surface area contributed by atoms with Crippen LogP contribution in [-0.4, -0.2) is 48.2 Å². The maximum Gasteiger partial charge on any atom is 0.191 e. The minimum absolute atomic E-state index is 0. The molecule has 1 aromatic rings. The number of aliphatic hydroxyl groups excluding tert-OH is 1. The van der Waals surface area contributed by atoms with E-state index in [0.29, 0.717) is 12.0 Å². The van der Waals surface area contributed by atoms with Gasteiger partial charge in [0.15, 0.2) is 5.96 Å². The van der Waals surface area contributed by atoms with E-state index in [-0.39, 0.29) is 30.1 Å². The summed E-state index contributed by atoms with van der Waals surface area (Å²) >= 11 is 0. The number of likely N-dealkylation sites (tertiary alicyclic amines) is 1. The molecule has 176 valence electrons. The molecule has 2 atom stereocenters. The van der Waals surface area contributed by atoms with Crippen molar-refractivity contribution in [3.05, 3.63) is 35.4 Å². The first-order chi connectivity index (χ1) is 14.5. The highest BCUT2D eigenvalue weighted by molar-refractivity contribution is 14.0. The number of benzene rings is 1. The monoisotopic (exact) mass is 542 g/mol. The first kappa shape index (κ1) is 26.4. The molecule has 1 aromatic carbocycles. The first-order valence-corrected chi connectivity index (χ1v) is 12.0. The molecule has 2 aliphatic rings. The normalized spacial score (nSPS) is 21.2.